The summed E-state index contributed by atoms with van der Waals surface area (Å²) in [6.07, 6.45) is 1.47. The number of nitrogens with one attached hydrogen (secondary N) is 2. The van der Waals surface area contributed by atoms with E-state index in [4.69, 9.17) is 11.6 Å². The number of rotatable bonds is 3. The maximum atomic E-state index is 12.7. The van der Waals surface area contributed by atoms with Gasteiger partial charge in [-0.15, -0.1) is 0 Å². The molecule has 1 aliphatic heterocycles. The number of aryl methyl sites for hydroxylation is 1. The van der Waals surface area contributed by atoms with Crippen molar-refractivity contribution in [2.75, 3.05) is 23.3 Å². The minimum Gasteiger partial charge on any atom is -0.352 e. The Morgan fingerprint density at radius 3 is 2.66 bits per heavy atom. The topological polar surface area (TPSA) is 79.3 Å². The van der Waals surface area contributed by atoms with Crippen LogP contribution >= 0.6 is 11.6 Å². The first-order chi connectivity index (χ1) is 14.0. The molecule has 1 fully saturated rings. The summed E-state index contributed by atoms with van der Waals surface area (Å²) in [7, 11) is 1.77. The average Bonchev–Trinajstić information content (AvgIpc) is 2.71. The molecule has 1 aliphatic rings. The van der Waals surface area contributed by atoms with Gasteiger partial charge in [0.15, 0.2) is 5.82 Å². The highest BCUT2D eigenvalue weighted by atomic mass is 35.5. The third kappa shape index (κ3) is 4.19. The Morgan fingerprint density at radius 1 is 1.14 bits per heavy atom. The minimum absolute atomic E-state index is 0.0368. The van der Waals surface area contributed by atoms with Crippen LogP contribution in [0.3, 0.4) is 0 Å². The van der Waals surface area contributed by atoms with Gasteiger partial charge in [-0.05, 0) is 43.2 Å². The predicted octanol–water partition coefficient (Wildman–Crippen LogP) is 3.38. The smallest absolute Gasteiger partial charge is 0.319 e. The molecule has 150 valence electrons. The number of amides is 2. The first-order valence-corrected chi connectivity index (χ1v) is 9.93. The van der Waals surface area contributed by atoms with Gasteiger partial charge in [0.2, 0.25) is 0 Å². The first-order valence-electron chi connectivity index (χ1n) is 9.55. The summed E-state index contributed by atoms with van der Waals surface area (Å²) in [5.74, 6) is 0.466. The molecule has 0 atom stereocenters. The molecule has 8 heteroatoms. The number of urea groups is 1. The minimum atomic E-state index is -0.259. The van der Waals surface area contributed by atoms with Crippen LogP contribution in [-0.2, 0) is 7.05 Å². The molecule has 0 spiro atoms. The van der Waals surface area contributed by atoms with Gasteiger partial charge in [-0.25, -0.2) is 9.78 Å². The van der Waals surface area contributed by atoms with E-state index in [0.717, 1.165) is 23.9 Å². The zero-order valence-corrected chi connectivity index (χ0v) is 16.8. The number of anilines is 2. The number of carbonyl (C=O) groups excluding carboxylic acids is 1. The molecule has 3 aromatic rings. The van der Waals surface area contributed by atoms with E-state index in [2.05, 4.69) is 15.6 Å². The lowest BCUT2D eigenvalue weighted by atomic mass is 10.1. The maximum absolute atomic E-state index is 12.7. The quantitative estimate of drug-likeness (QED) is 0.692. The lowest BCUT2D eigenvalue weighted by Gasteiger charge is -2.33. The van der Waals surface area contributed by atoms with Gasteiger partial charge in [-0.2, -0.15) is 0 Å². The van der Waals surface area contributed by atoms with Crippen molar-refractivity contribution in [2.45, 2.75) is 18.9 Å². The Labute approximate surface area is 173 Å². The zero-order valence-electron chi connectivity index (χ0n) is 16.1. The molecule has 4 rings (SSSR count). The lowest BCUT2D eigenvalue weighted by molar-refractivity contribution is 0.246. The van der Waals surface area contributed by atoms with Crippen LogP contribution in [0, 0.1) is 0 Å². The van der Waals surface area contributed by atoms with Gasteiger partial charge in [-0.1, -0.05) is 29.8 Å². The summed E-state index contributed by atoms with van der Waals surface area (Å²) in [5, 5.41) is 6.36. The molecule has 2 N–H and O–H groups in total. The molecule has 1 aromatic heterocycles. The molecule has 2 aromatic carbocycles. The third-order valence-electron chi connectivity index (χ3n) is 5.18. The molecule has 2 amide bonds. The van der Waals surface area contributed by atoms with Crippen LogP contribution < -0.4 is 21.1 Å². The van der Waals surface area contributed by atoms with Crippen molar-refractivity contribution in [3.63, 3.8) is 0 Å². The highest BCUT2D eigenvalue weighted by Gasteiger charge is 2.24. The second-order valence-corrected chi connectivity index (χ2v) is 7.59. The monoisotopic (exact) mass is 411 g/mol. The molecule has 7 nitrogen and oxygen atoms in total. The zero-order chi connectivity index (χ0) is 20.4. The molecule has 0 bridgehead atoms. The Bertz CT molecular complexity index is 1110. The largest absolute Gasteiger partial charge is 0.352 e. The van der Waals surface area contributed by atoms with E-state index < -0.39 is 0 Å². The van der Waals surface area contributed by atoms with Crippen LogP contribution in [0.15, 0.2) is 53.3 Å². The fourth-order valence-corrected chi connectivity index (χ4v) is 3.81. The summed E-state index contributed by atoms with van der Waals surface area (Å²) >= 11 is 5.94. The number of halogens is 1. The fraction of sp³-hybridized carbons (Fsp3) is 0.286. The number of carbonyl (C=O) groups is 1. The number of benzene rings is 2. The SMILES string of the molecule is Cn1c(=O)c(N2CCC(NC(=O)Nc3cccc(Cl)c3)CC2)nc2ccccc21. The van der Waals surface area contributed by atoms with E-state index in [1.165, 1.54) is 0 Å². The van der Waals surface area contributed by atoms with Crippen LogP contribution in [0.4, 0.5) is 16.3 Å². The van der Waals surface area contributed by atoms with Crippen molar-refractivity contribution in [2.24, 2.45) is 7.05 Å². The second kappa shape index (κ2) is 8.13. The average molecular weight is 412 g/mol. The summed E-state index contributed by atoms with van der Waals surface area (Å²) in [5.41, 5.74) is 2.16. The molecule has 0 radical (unpaired) electrons. The highest BCUT2D eigenvalue weighted by Crippen LogP contribution is 2.19. The summed E-state index contributed by atoms with van der Waals surface area (Å²) in [6.45, 7) is 1.31. The van der Waals surface area contributed by atoms with E-state index in [9.17, 15) is 9.59 Å². The van der Waals surface area contributed by atoms with Crippen molar-refractivity contribution in [1.82, 2.24) is 14.9 Å². The number of para-hydroxylation sites is 2. The number of hydrogen-bond acceptors (Lipinski definition) is 4. The fourth-order valence-electron chi connectivity index (χ4n) is 3.62. The van der Waals surface area contributed by atoms with Crippen LogP contribution in [0.2, 0.25) is 5.02 Å². The van der Waals surface area contributed by atoms with Gasteiger partial charge in [0.05, 0.1) is 11.0 Å². The van der Waals surface area contributed by atoms with Crippen molar-refractivity contribution >= 4 is 40.2 Å². The van der Waals surface area contributed by atoms with E-state index in [-0.39, 0.29) is 17.6 Å². The molecule has 0 saturated carbocycles. The van der Waals surface area contributed by atoms with Gasteiger partial charge in [-0.3, -0.25) is 4.79 Å². The molecule has 0 unspecified atom stereocenters. The van der Waals surface area contributed by atoms with Gasteiger partial charge in [0.25, 0.3) is 5.56 Å². The Balaban J connectivity index is 1.39. The van der Waals surface area contributed by atoms with Crippen molar-refractivity contribution in [3.05, 3.63) is 63.9 Å². The van der Waals surface area contributed by atoms with Gasteiger partial charge < -0.3 is 20.1 Å². The van der Waals surface area contributed by atoms with Gasteiger partial charge in [0, 0.05) is 36.9 Å². The number of fused-ring (bicyclic) bond motifs is 1. The van der Waals surface area contributed by atoms with Gasteiger partial charge >= 0.3 is 6.03 Å². The summed E-state index contributed by atoms with van der Waals surface area (Å²) in [6, 6.07) is 14.4. The molecular weight excluding hydrogens is 390 g/mol. The van der Waals surface area contributed by atoms with Crippen LogP contribution in [0.1, 0.15) is 12.8 Å². The number of hydrogen-bond donors (Lipinski definition) is 2. The second-order valence-electron chi connectivity index (χ2n) is 7.16. The molecule has 29 heavy (non-hydrogen) atoms. The molecule has 0 aliphatic carbocycles. The predicted molar refractivity (Wildman–Crippen MR) is 116 cm³/mol. The Morgan fingerprint density at radius 2 is 1.90 bits per heavy atom. The number of aromatic nitrogens is 2. The highest BCUT2D eigenvalue weighted by molar-refractivity contribution is 6.30. The van der Waals surface area contributed by atoms with Crippen molar-refractivity contribution in [3.8, 4) is 0 Å². The first kappa shape index (κ1) is 19.3. The number of nitrogens with zero attached hydrogens (tertiary/aromatic N) is 3. The third-order valence-corrected chi connectivity index (χ3v) is 5.41. The van der Waals surface area contributed by atoms with Crippen molar-refractivity contribution < 1.29 is 4.79 Å². The Kier molecular flexibility index (Phi) is 5.40. The van der Waals surface area contributed by atoms with Crippen LogP contribution in [0.25, 0.3) is 11.0 Å². The van der Waals surface area contributed by atoms with Crippen LogP contribution in [-0.4, -0.2) is 34.7 Å². The standard InChI is InChI=1S/C21H22ClN5O2/c1-26-18-8-3-2-7-17(18)25-19(20(26)28)27-11-9-15(10-12-27)23-21(29)24-16-6-4-5-14(22)13-16/h2-8,13,15H,9-12H2,1H3,(H2,23,24,29). The summed E-state index contributed by atoms with van der Waals surface area (Å²) in [4.78, 5) is 31.6. The van der Waals surface area contributed by atoms with E-state index in [1.807, 2.05) is 29.2 Å². The Hall–Kier alpha value is -3.06. The van der Waals surface area contributed by atoms with E-state index in [1.54, 1.807) is 35.9 Å². The van der Waals surface area contributed by atoms with E-state index in [0.29, 0.717) is 29.6 Å². The molecule has 2 heterocycles. The van der Waals surface area contributed by atoms with Crippen LogP contribution in [0.5, 0.6) is 0 Å². The summed E-state index contributed by atoms with van der Waals surface area (Å²) < 4.78 is 1.64. The van der Waals surface area contributed by atoms with E-state index >= 15 is 0 Å². The molecular formula is C21H22ClN5O2. The lowest BCUT2D eigenvalue weighted by Crippen LogP contribution is -2.47. The van der Waals surface area contributed by atoms with Crippen molar-refractivity contribution in [1.29, 1.82) is 0 Å². The van der Waals surface area contributed by atoms with Gasteiger partial charge in [0.1, 0.15) is 0 Å². The normalized spacial score (nSPS) is 14.8. The number of piperidine rings is 1. The molecule has 1 saturated heterocycles. The maximum Gasteiger partial charge on any atom is 0.319 e.